The van der Waals surface area contributed by atoms with Crippen molar-refractivity contribution in [1.29, 1.82) is 0 Å². The van der Waals surface area contributed by atoms with Crippen LogP contribution in [0.4, 0.5) is 5.69 Å². The van der Waals surface area contributed by atoms with Gasteiger partial charge in [0.25, 0.3) is 0 Å². The first-order valence-electron chi connectivity index (χ1n) is 9.82. The van der Waals surface area contributed by atoms with Gasteiger partial charge in [-0.3, -0.25) is 0 Å². The molecule has 156 valence electrons. The topological polar surface area (TPSA) is 106 Å². The Hall–Kier alpha value is -2.58. The van der Waals surface area contributed by atoms with E-state index in [-0.39, 0.29) is 6.61 Å². The number of aryl methyl sites for hydroxylation is 1. The van der Waals surface area contributed by atoms with Gasteiger partial charge in [-0.2, -0.15) is 0 Å². The highest BCUT2D eigenvalue weighted by atomic mass is 35.5. The molecule has 0 atom stereocenters. The number of nitrogens with two attached hydrogens (primary N) is 2. The van der Waals surface area contributed by atoms with Gasteiger partial charge in [0.05, 0.1) is 28.5 Å². The van der Waals surface area contributed by atoms with E-state index in [1.807, 2.05) is 6.07 Å². The van der Waals surface area contributed by atoms with E-state index in [0.29, 0.717) is 28.1 Å². The summed E-state index contributed by atoms with van der Waals surface area (Å²) < 4.78 is 5.70. The maximum absolute atomic E-state index is 6.43. The van der Waals surface area contributed by atoms with Crippen LogP contribution in [0.1, 0.15) is 37.6 Å². The summed E-state index contributed by atoms with van der Waals surface area (Å²) in [7, 11) is 1.71. The van der Waals surface area contributed by atoms with Crippen molar-refractivity contribution >= 4 is 23.0 Å². The zero-order valence-corrected chi connectivity index (χ0v) is 17.7. The molecule has 3 heterocycles. The molecule has 0 aromatic carbocycles. The van der Waals surface area contributed by atoms with E-state index < -0.39 is 0 Å². The Morgan fingerprint density at radius 2 is 2.00 bits per heavy atom. The van der Waals surface area contributed by atoms with Crippen LogP contribution < -0.4 is 21.2 Å². The lowest BCUT2D eigenvalue weighted by Crippen LogP contribution is -2.32. The molecular formula is C20H28ClN7O. The normalized spacial score (nSPS) is 15.1. The third-order valence-corrected chi connectivity index (χ3v) is 5.17. The van der Waals surface area contributed by atoms with Crippen LogP contribution in [-0.2, 0) is 6.42 Å². The number of anilines is 1. The van der Waals surface area contributed by atoms with Crippen LogP contribution in [0.5, 0.6) is 5.88 Å². The summed E-state index contributed by atoms with van der Waals surface area (Å²) in [5, 5.41) is 1.74. The van der Waals surface area contributed by atoms with Crippen molar-refractivity contribution < 1.29 is 4.74 Å². The summed E-state index contributed by atoms with van der Waals surface area (Å²) in [6.07, 6.45) is 5.91. The van der Waals surface area contributed by atoms with Gasteiger partial charge in [-0.25, -0.2) is 20.8 Å². The van der Waals surface area contributed by atoms with E-state index in [0.717, 1.165) is 25.2 Å². The second-order valence-electron chi connectivity index (χ2n) is 7.00. The smallest absolute Gasteiger partial charge is 0.218 e. The molecule has 0 bridgehead atoms. The Morgan fingerprint density at radius 1 is 1.24 bits per heavy atom. The molecule has 0 aliphatic carbocycles. The molecule has 9 heteroatoms. The lowest BCUT2D eigenvalue weighted by Gasteiger charge is -2.30. The molecule has 2 aromatic rings. The highest BCUT2D eigenvalue weighted by Gasteiger charge is 2.17. The van der Waals surface area contributed by atoms with Crippen molar-refractivity contribution in [1.82, 2.24) is 20.0 Å². The van der Waals surface area contributed by atoms with Crippen LogP contribution in [0.15, 0.2) is 30.2 Å². The molecule has 1 saturated heterocycles. The number of likely N-dealkylation sites (N-methyl/N-ethyl adjacent to an activating group) is 1. The Morgan fingerprint density at radius 3 is 2.66 bits per heavy atom. The van der Waals surface area contributed by atoms with Gasteiger partial charge in [0.15, 0.2) is 0 Å². The highest BCUT2D eigenvalue weighted by Crippen LogP contribution is 2.26. The van der Waals surface area contributed by atoms with Crippen LogP contribution in [0.25, 0.3) is 5.70 Å². The summed E-state index contributed by atoms with van der Waals surface area (Å²) in [5.74, 6) is 6.35. The first kappa shape index (κ1) is 21.1. The van der Waals surface area contributed by atoms with E-state index in [4.69, 9.17) is 32.9 Å². The molecule has 0 amide bonds. The van der Waals surface area contributed by atoms with Gasteiger partial charge in [-0.1, -0.05) is 18.5 Å². The molecule has 1 aliphatic rings. The van der Waals surface area contributed by atoms with E-state index in [2.05, 4.69) is 27.9 Å². The zero-order valence-electron chi connectivity index (χ0n) is 16.9. The number of halogens is 1. The Balaban J connectivity index is 1.85. The number of aromatic nitrogens is 3. The number of pyridine rings is 1. The van der Waals surface area contributed by atoms with Gasteiger partial charge < -0.3 is 20.4 Å². The van der Waals surface area contributed by atoms with Gasteiger partial charge in [-0.15, -0.1) is 0 Å². The van der Waals surface area contributed by atoms with Crippen molar-refractivity contribution in [2.24, 2.45) is 11.6 Å². The monoisotopic (exact) mass is 417 g/mol. The molecule has 0 radical (unpaired) electrons. The average Bonchev–Trinajstić information content (AvgIpc) is 2.73. The standard InChI is InChI=1S/C20H28ClN7O/c1-3-14-16(28-9-5-4-6-10-28)8-7-15(26-14)20(22)17(27(2)23)12-29-19-11-18(21)24-13-25-19/h7-8,11,13H,3-6,9-10,12,22-23H2,1-2H3/b20-17-. The van der Waals surface area contributed by atoms with Crippen molar-refractivity contribution in [3.05, 3.63) is 46.8 Å². The van der Waals surface area contributed by atoms with E-state index >= 15 is 0 Å². The van der Waals surface area contributed by atoms with Crippen LogP contribution in [0.3, 0.4) is 0 Å². The van der Waals surface area contributed by atoms with Gasteiger partial charge in [0.1, 0.15) is 18.1 Å². The lowest BCUT2D eigenvalue weighted by molar-refractivity contribution is 0.287. The van der Waals surface area contributed by atoms with Crippen LogP contribution in [0, 0.1) is 0 Å². The van der Waals surface area contributed by atoms with E-state index in [9.17, 15) is 0 Å². The van der Waals surface area contributed by atoms with Crippen molar-refractivity contribution in [3.63, 3.8) is 0 Å². The molecule has 1 fully saturated rings. The maximum Gasteiger partial charge on any atom is 0.218 e. The van der Waals surface area contributed by atoms with Gasteiger partial charge in [-0.05, 0) is 37.8 Å². The molecule has 29 heavy (non-hydrogen) atoms. The van der Waals surface area contributed by atoms with Gasteiger partial charge in [0, 0.05) is 26.2 Å². The first-order chi connectivity index (χ1) is 14.0. The molecular weight excluding hydrogens is 390 g/mol. The number of hydrogen-bond donors (Lipinski definition) is 2. The number of hydrazine groups is 1. The van der Waals surface area contributed by atoms with Crippen molar-refractivity contribution in [2.75, 3.05) is 31.6 Å². The molecule has 8 nitrogen and oxygen atoms in total. The minimum atomic E-state index is 0.128. The highest BCUT2D eigenvalue weighted by molar-refractivity contribution is 6.29. The van der Waals surface area contributed by atoms with Crippen LogP contribution >= 0.6 is 11.6 Å². The minimum absolute atomic E-state index is 0.128. The second kappa shape index (κ2) is 9.76. The minimum Gasteiger partial charge on any atom is -0.471 e. The fourth-order valence-corrected chi connectivity index (χ4v) is 3.52. The predicted molar refractivity (Wildman–Crippen MR) is 115 cm³/mol. The molecule has 0 unspecified atom stereocenters. The second-order valence-corrected chi connectivity index (χ2v) is 7.39. The molecule has 3 rings (SSSR count). The summed E-state index contributed by atoms with van der Waals surface area (Å²) >= 11 is 5.88. The average molecular weight is 418 g/mol. The van der Waals surface area contributed by atoms with E-state index in [1.165, 1.54) is 42.4 Å². The molecule has 4 N–H and O–H groups in total. The summed E-state index contributed by atoms with van der Waals surface area (Å²) in [5.41, 5.74) is 10.4. The van der Waals surface area contributed by atoms with Gasteiger partial charge >= 0.3 is 0 Å². The zero-order chi connectivity index (χ0) is 20.8. The summed E-state index contributed by atoms with van der Waals surface area (Å²) in [6.45, 7) is 4.39. The molecule has 0 spiro atoms. The third-order valence-electron chi connectivity index (χ3n) is 4.96. The lowest BCUT2D eigenvalue weighted by atomic mass is 10.1. The first-order valence-corrected chi connectivity index (χ1v) is 10.2. The SMILES string of the molecule is CCc1nc(/C(N)=C(\COc2cc(Cl)ncn2)N(C)N)ccc1N1CCCCC1. The largest absolute Gasteiger partial charge is 0.471 e. The maximum atomic E-state index is 6.43. The number of hydrogen-bond acceptors (Lipinski definition) is 8. The number of ether oxygens (including phenoxy) is 1. The number of piperidine rings is 1. The number of rotatable bonds is 7. The van der Waals surface area contributed by atoms with Crippen molar-refractivity contribution in [3.8, 4) is 5.88 Å². The molecule has 0 saturated carbocycles. The fourth-order valence-electron chi connectivity index (χ4n) is 3.38. The van der Waals surface area contributed by atoms with Gasteiger partial charge in [0.2, 0.25) is 5.88 Å². The Bertz CT molecular complexity index is 866. The van der Waals surface area contributed by atoms with Crippen molar-refractivity contribution in [2.45, 2.75) is 32.6 Å². The predicted octanol–water partition coefficient (Wildman–Crippen LogP) is 2.59. The Labute approximate surface area is 176 Å². The van der Waals surface area contributed by atoms with Crippen LogP contribution in [-0.4, -0.2) is 46.7 Å². The van der Waals surface area contributed by atoms with Crippen LogP contribution in [0.2, 0.25) is 5.15 Å². The quantitative estimate of drug-likeness (QED) is 0.402. The third kappa shape index (κ3) is 5.27. The summed E-state index contributed by atoms with van der Waals surface area (Å²) in [6, 6.07) is 5.59. The fraction of sp³-hybridized carbons (Fsp3) is 0.450. The molecule has 2 aromatic heterocycles. The van der Waals surface area contributed by atoms with E-state index in [1.54, 1.807) is 7.05 Å². The molecule has 1 aliphatic heterocycles. The number of nitrogens with zero attached hydrogens (tertiary/aromatic N) is 5. The summed E-state index contributed by atoms with van der Waals surface area (Å²) in [4.78, 5) is 15.1. The Kier molecular flexibility index (Phi) is 7.11.